The quantitative estimate of drug-likeness (QED) is 0.630. The molecule has 0 radical (unpaired) electrons. The number of hydrogen-bond acceptors (Lipinski definition) is 5. The van der Waals surface area contributed by atoms with Crippen molar-refractivity contribution >= 4 is 27.6 Å². The fourth-order valence-electron chi connectivity index (χ4n) is 2.23. The highest BCUT2D eigenvalue weighted by atomic mass is 79.9. The Labute approximate surface area is 123 Å². The lowest BCUT2D eigenvalue weighted by molar-refractivity contribution is -0.385. The van der Waals surface area contributed by atoms with Crippen LogP contribution in [0.5, 0.6) is 0 Å². The summed E-state index contributed by atoms with van der Waals surface area (Å²) in [6.07, 6.45) is 0. The number of benzene rings is 1. The van der Waals surface area contributed by atoms with Crippen LogP contribution in [0.3, 0.4) is 0 Å². The Balaban J connectivity index is 2.22. The van der Waals surface area contributed by atoms with Crippen molar-refractivity contribution in [3.8, 4) is 0 Å². The Morgan fingerprint density at radius 2 is 2.35 bits per heavy atom. The average molecular weight is 344 g/mol. The third-order valence-electron chi connectivity index (χ3n) is 3.27. The molecule has 7 nitrogen and oxygen atoms in total. The van der Waals surface area contributed by atoms with E-state index in [4.69, 9.17) is 0 Å². The summed E-state index contributed by atoms with van der Waals surface area (Å²) in [6, 6.07) is 4.17. The number of carboxylic acids is 1. The minimum atomic E-state index is -0.890. The molecule has 1 atom stereocenters. The highest BCUT2D eigenvalue weighted by molar-refractivity contribution is 9.10. The zero-order chi connectivity index (χ0) is 14.7. The second-order valence-corrected chi connectivity index (χ2v) is 5.33. The van der Waals surface area contributed by atoms with Gasteiger partial charge in [-0.1, -0.05) is 12.1 Å². The van der Waals surface area contributed by atoms with Crippen LogP contribution in [0.2, 0.25) is 0 Å². The molecule has 0 saturated carbocycles. The Bertz CT molecular complexity index is 537. The Kier molecular flexibility index (Phi) is 4.69. The van der Waals surface area contributed by atoms with Gasteiger partial charge in [0.1, 0.15) is 6.04 Å². The molecule has 1 heterocycles. The smallest absolute Gasteiger partial charge is 0.322 e. The number of hydrogen-bond donors (Lipinski definition) is 2. The predicted octanol–water partition coefficient (Wildman–Crippen LogP) is 1.22. The van der Waals surface area contributed by atoms with Gasteiger partial charge in [-0.05, 0) is 21.5 Å². The topological polar surface area (TPSA) is 95.7 Å². The van der Waals surface area contributed by atoms with Crippen LogP contribution in [0, 0.1) is 10.1 Å². The summed E-state index contributed by atoms with van der Waals surface area (Å²) in [7, 11) is 0. The summed E-state index contributed by atoms with van der Waals surface area (Å²) in [4.78, 5) is 23.5. The summed E-state index contributed by atoms with van der Waals surface area (Å²) >= 11 is 3.23. The maximum Gasteiger partial charge on any atom is 0.322 e. The van der Waals surface area contributed by atoms with Gasteiger partial charge in [0.2, 0.25) is 0 Å². The van der Waals surface area contributed by atoms with E-state index in [0.29, 0.717) is 36.2 Å². The van der Waals surface area contributed by atoms with E-state index < -0.39 is 16.9 Å². The molecule has 108 valence electrons. The Hall–Kier alpha value is -1.51. The van der Waals surface area contributed by atoms with Crippen molar-refractivity contribution < 1.29 is 14.8 Å². The molecule has 1 unspecified atom stereocenters. The van der Waals surface area contributed by atoms with Crippen molar-refractivity contribution in [2.75, 3.05) is 19.6 Å². The number of aliphatic carboxylic acids is 1. The van der Waals surface area contributed by atoms with Gasteiger partial charge in [0.25, 0.3) is 5.69 Å². The second kappa shape index (κ2) is 6.29. The number of nitro benzene ring substituents is 1. The average Bonchev–Trinajstić information content (AvgIpc) is 2.41. The van der Waals surface area contributed by atoms with E-state index in [-0.39, 0.29) is 5.69 Å². The Morgan fingerprint density at radius 1 is 1.60 bits per heavy atom. The minimum Gasteiger partial charge on any atom is -0.480 e. The van der Waals surface area contributed by atoms with Gasteiger partial charge in [-0.15, -0.1) is 0 Å². The summed E-state index contributed by atoms with van der Waals surface area (Å²) < 4.78 is 0.410. The lowest BCUT2D eigenvalue weighted by Gasteiger charge is -2.33. The van der Waals surface area contributed by atoms with Crippen molar-refractivity contribution in [3.63, 3.8) is 0 Å². The molecule has 1 saturated heterocycles. The molecule has 0 aliphatic carbocycles. The predicted molar refractivity (Wildman–Crippen MR) is 75.5 cm³/mol. The first-order chi connectivity index (χ1) is 9.50. The lowest BCUT2D eigenvalue weighted by Crippen LogP contribution is -2.54. The van der Waals surface area contributed by atoms with Crippen LogP contribution in [0.15, 0.2) is 22.7 Å². The number of nitro groups is 1. The molecule has 1 aliphatic rings. The number of nitrogens with zero attached hydrogens (tertiary/aromatic N) is 2. The number of piperazine rings is 1. The van der Waals surface area contributed by atoms with Gasteiger partial charge in [-0.25, -0.2) is 0 Å². The molecule has 2 N–H and O–H groups in total. The zero-order valence-corrected chi connectivity index (χ0v) is 12.2. The van der Waals surface area contributed by atoms with E-state index >= 15 is 0 Å². The third-order valence-corrected chi connectivity index (χ3v) is 4.18. The van der Waals surface area contributed by atoms with E-state index in [0.717, 1.165) is 0 Å². The molecule has 0 bridgehead atoms. The van der Waals surface area contributed by atoms with Crippen molar-refractivity contribution in [2.45, 2.75) is 12.6 Å². The Morgan fingerprint density at radius 3 is 3.00 bits per heavy atom. The van der Waals surface area contributed by atoms with E-state index in [2.05, 4.69) is 21.2 Å². The molecule has 8 heteroatoms. The van der Waals surface area contributed by atoms with E-state index in [9.17, 15) is 20.0 Å². The van der Waals surface area contributed by atoms with Gasteiger partial charge < -0.3 is 10.4 Å². The monoisotopic (exact) mass is 343 g/mol. The highest BCUT2D eigenvalue weighted by Gasteiger charge is 2.29. The van der Waals surface area contributed by atoms with Crippen LogP contribution < -0.4 is 5.32 Å². The molecular formula is C12H14BrN3O4. The van der Waals surface area contributed by atoms with Crippen molar-refractivity contribution in [1.82, 2.24) is 10.2 Å². The molecule has 0 spiro atoms. The fourth-order valence-corrected chi connectivity index (χ4v) is 2.76. The summed E-state index contributed by atoms with van der Waals surface area (Å²) in [5, 5.41) is 23.1. The molecule has 1 aromatic rings. The SMILES string of the molecule is O=C(O)C1CNCCN1Cc1cccc([N+](=O)[O-])c1Br. The van der Waals surface area contributed by atoms with Crippen molar-refractivity contribution in [1.29, 1.82) is 0 Å². The van der Waals surface area contributed by atoms with Gasteiger partial charge in [0.15, 0.2) is 0 Å². The first-order valence-corrected chi connectivity index (χ1v) is 6.89. The van der Waals surface area contributed by atoms with Gasteiger partial charge >= 0.3 is 5.97 Å². The summed E-state index contributed by atoms with van der Waals surface area (Å²) in [5.74, 6) is -0.890. The summed E-state index contributed by atoms with van der Waals surface area (Å²) in [5.41, 5.74) is 0.705. The van der Waals surface area contributed by atoms with Crippen LogP contribution in [0.25, 0.3) is 0 Å². The van der Waals surface area contributed by atoms with E-state index in [1.165, 1.54) is 6.07 Å². The summed E-state index contributed by atoms with van der Waals surface area (Å²) in [6.45, 7) is 2.03. The van der Waals surface area contributed by atoms with Gasteiger partial charge in [0.05, 0.1) is 9.40 Å². The van der Waals surface area contributed by atoms with E-state index in [1.54, 1.807) is 12.1 Å². The highest BCUT2D eigenvalue weighted by Crippen LogP contribution is 2.29. The maximum absolute atomic E-state index is 11.2. The molecule has 1 aromatic carbocycles. The van der Waals surface area contributed by atoms with Gasteiger partial charge in [0, 0.05) is 32.2 Å². The number of nitrogens with one attached hydrogen (secondary N) is 1. The number of carbonyl (C=O) groups is 1. The fraction of sp³-hybridized carbons (Fsp3) is 0.417. The minimum absolute atomic E-state index is 0.00971. The zero-order valence-electron chi connectivity index (χ0n) is 10.6. The third kappa shape index (κ3) is 3.14. The first-order valence-electron chi connectivity index (χ1n) is 6.10. The van der Waals surface area contributed by atoms with Crippen LogP contribution in [-0.4, -0.2) is 46.6 Å². The van der Waals surface area contributed by atoms with Crippen LogP contribution in [-0.2, 0) is 11.3 Å². The second-order valence-electron chi connectivity index (χ2n) is 4.54. The van der Waals surface area contributed by atoms with Crippen molar-refractivity contribution in [2.24, 2.45) is 0 Å². The molecule has 20 heavy (non-hydrogen) atoms. The maximum atomic E-state index is 11.2. The molecule has 1 aliphatic heterocycles. The van der Waals surface area contributed by atoms with Crippen LogP contribution in [0.4, 0.5) is 5.69 Å². The molecule has 1 fully saturated rings. The molecule has 0 aromatic heterocycles. The van der Waals surface area contributed by atoms with Crippen LogP contribution >= 0.6 is 15.9 Å². The molecule has 2 rings (SSSR count). The standard InChI is InChI=1S/C12H14BrN3O4/c13-11-8(2-1-3-9(11)16(19)20)7-15-5-4-14-6-10(15)12(17)18/h1-3,10,14H,4-7H2,(H,17,18). The first kappa shape index (κ1) is 14.9. The van der Waals surface area contributed by atoms with E-state index in [1.807, 2.05) is 4.90 Å². The number of halogens is 1. The lowest BCUT2D eigenvalue weighted by atomic mass is 10.1. The van der Waals surface area contributed by atoms with Gasteiger partial charge in [-0.2, -0.15) is 0 Å². The van der Waals surface area contributed by atoms with Crippen molar-refractivity contribution in [3.05, 3.63) is 38.3 Å². The van der Waals surface area contributed by atoms with Gasteiger partial charge in [-0.3, -0.25) is 19.8 Å². The normalized spacial score (nSPS) is 19.8. The number of carboxylic acid groups (broad SMARTS) is 1. The number of rotatable bonds is 4. The molecular weight excluding hydrogens is 330 g/mol. The van der Waals surface area contributed by atoms with Crippen LogP contribution in [0.1, 0.15) is 5.56 Å². The molecule has 0 amide bonds. The largest absolute Gasteiger partial charge is 0.480 e.